The molecule has 0 unspecified atom stereocenters. The van der Waals surface area contributed by atoms with E-state index in [0.29, 0.717) is 25.4 Å². The van der Waals surface area contributed by atoms with Gasteiger partial charge >= 0.3 is 0 Å². The third kappa shape index (κ3) is 3.70. The molecule has 4 heterocycles. The molecule has 6 rings (SSSR count). The molecule has 2 aliphatic heterocycles. The monoisotopic (exact) mass is 488 g/mol. The van der Waals surface area contributed by atoms with Crippen LogP contribution in [-0.4, -0.2) is 65.7 Å². The van der Waals surface area contributed by atoms with Gasteiger partial charge in [0.05, 0.1) is 29.7 Å². The normalized spacial score (nSPS) is 16.8. The molecular weight excluding hydrogens is 463 g/mol. The quantitative estimate of drug-likeness (QED) is 0.458. The first-order valence-corrected chi connectivity index (χ1v) is 11.7. The Morgan fingerprint density at radius 1 is 1.14 bits per heavy atom. The molecule has 0 spiro atoms. The zero-order chi connectivity index (χ0) is 25.0. The highest BCUT2D eigenvalue weighted by molar-refractivity contribution is 5.94. The number of ether oxygens (including phenoxy) is 1. The highest BCUT2D eigenvalue weighted by Crippen LogP contribution is 2.34. The SMILES string of the molecule is CN1CC(NC(=O)c2cc3c(=O)[nH]c(-c4ccc5c(c4)OCCN5C)cn3n2)(c2ccc(F)cc2)C1. The van der Waals surface area contributed by atoms with E-state index in [-0.39, 0.29) is 22.6 Å². The van der Waals surface area contributed by atoms with Crippen LogP contribution in [-0.2, 0) is 5.54 Å². The van der Waals surface area contributed by atoms with Gasteiger partial charge in [-0.25, -0.2) is 8.91 Å². The van der Waals surface area contributed by atoms with E-state index in [4.69, 9.17) is 4.74 Å². The number of likely N-dealkylation sites (tertiary alicyclic amines) is 1. The third-order valence-corrected chi connectivity index (χ3v) is 6.90. The van der Waals surface area contributed by atoms with Gasteiger partial charge in [-0.2, -0.15) is 5.10 Å². The summed E-state index contributed by atoms with van der Waals surface area (Å²) in [5, 5.41) is 7.47. The lowest BCUT2D eigenvalue weighted by Crippen LogP contribution is -2.66. The number of aromatic nitrogens is 3. The Labute approximate surface area is 206 Å². The highest BCUT2D eigenvalue weighted by Gasteiger charge is 2.44. The Bertz CT molecular complexity index is 1540. The molecule has 2 aliphatic rings. The van der Waals surface area contributed by atoms with Gasteiger partial charge in [0, 0.05) is 31.8 Å². The van der Waals surface area contributed by atoms with Crippen LogP contribution in [0.2, 0.25) is 0 Å². The average molecular weight is 489 g/mol. The van der Waals surface area contributed by atoms with Crippen molar-refractivity contribution in [2.24, 2.45) is 0 Å². The second-order valence-corrected chi connectivity index (χ2v) is 9.52. The Kier molecular flexibility index (Phi) is 5.08. The van der Waals surface area contributed by atoms with E-state index in [9.17, 15) is 14.0 Å². The van der Waals surface area contributed by atoms with Crippen molar-refractivity contribution in [1.82, 2.24) is 24.8 Å². The molecule has 36 heavy (non-hydrogen) atoms. The van der Waals surface area contributed by atoms with Crippen molar-refractivity contribution >= 4 is 17.1 Å². The van der Waals surface area contributed by atoms with Crippen LogP contribution < -0.4 is 20.5 Å². The molecule has 184 valence electrons. The van der Waals surface area contributed by atoms with E-state index < -0.39 is 11.4 Å². The van der Waals surface area contributed by atoms with Crippen molar-refractivity contribution in [2.75, 3.05) is 45.2 Å². The largest absolute Gasteiger partial charge is 0.490 e. The van der Waals surface area contributed by atoms with Crippen LogP contribution in [0.1, 0.15) is 16.1 Å². The Hall–Kier alpha value is -4.18. The van der Waals surface area contributed by atoms with Crippen LogP contribution in [0.4, 0.5) is 10.1 Å². The fourth-order valence-electron chi connectivity index (χ4n) is 5.05. The van der Waals surface area contributed by atoms with Gasteiger partial charge in [-0.05, 0) is 36.9 Å². The number of anilines is 1. The molecule has 2 aromatic carbocycles. The van der Waals surface area contributed by atoms with Gasteiger partial charge in [0.2, 0.25) is 0 Å². The standard InChI is InChI=1S/C26H25FN6O3/c1-31-14-26(15-31,17-4-6-18(27)7-5-17)29-24(34)19-12-22-25(35)28-20(13-33(22)30-19)16-3-8-21-23(11-16)36-10-9-32(21)2/h3-8,11-13H,9-10,14-15H2,1-2H3,(H,28,35)(H,29,34). The molecule has 0 aliphatic carbocycles. The molecule has 0 saturated carbocycles. The van der Waals surface area contributed by atoms with Gasteiger partial charge < -0.3 is 24.8 Å². The lowest BCUT2D eigenvalue weighted by atomic mass is 9.82. The summed E-state index contributed by atoms with van der Waals surface area (Å²) in [4.78, 5) is 33.1. The lowest BCUT2D eigenvalue weighted by Gasteiger charge is -2.49. The number of nitrogens with one attached hydrogen (secondary N) is 2. The maximum Gasteiger partial charge on any atom is 0.274 e. The van der Waals surface area contributed by atoms with Gasteiger partial charge in [0.1, 0.15) is 23.7 Å². The van der Waals surface area contributed by atoms with E-state index in [0.717, 1.165) is 29.1 Å². The first-order valence-electron chi connectivity index (χ1n) is 11.7. The zero-order valence-electron chi connectivity index (χ0n) is 19.9. The summed E-state index contributed by atoms with van der Waals surface area (Å²) in [5.41, 5.74) is 2.53. The second-order valence-electron chi connectivity index (χ2n) is 9.52. The van der Waals surface area contributed by atoms with Crippen molar-refractivity contribution in [3.05, 3.63) is 82.2 Å². The van der Waals surface area contributed by atoms with E-state index in [1.807, 2.05) is 32.3 Å². The minimum absolute atomic E-state index is 0.129. The molecule has 1 amide bonds. The van der Waals surface area contributed by atoms with Crippen LogP contribution in [0.15, 0.2) is 59.5 Å². The smallest absolute Gasteiger partial charge is 0.274 e. The number of hydrogen-bond donors (Lipinski definition) is 2. The van der Waals surface area contributed by atoms with Gasteiger partial charge in [-0.15, -0.1) is 0 Å². The van der Waals surface area contributed by atoms with E-state index in [1.165, 1.54) is 22.7 Å². The Morgan fingerprint density at radius 3 is 2.67 bits per heavy atom. The fraction of sp³-hybridized carbons (Fsp3) is 0.269. The van der Waals surface area contributed by atoms with E-state index in [2.05, 4.69) is 25.2 Å². The topological polar surface area (TPSA) is 95.0 Å². The van der Waals surface area contributed by atoms with Crippen molar-refractivity contribution in [3.8, 4) is 17.0 Å². The minimum atomic E-state index is -0.650. The number of carbonyl (C=O) groups excluding carboxylic acids is 1. The number of hydrogen-bond acceptors (Lipinski definition) is 6. The molecule has 1 saturated heterocycles. The summed E-state index contributed by atoms with van der Waals surface area (Å²) in [5.74, 6) is 0.0161. The lowest BCUT2D eigenvalue weighted by molar-refractivity contribution is 0.0508. The second kappa shape index (κ2) is 8.20. The minimum Gasteiger partial charge on any atom is -0.490 e. The maximum absolute atomic E-state index is 13.5. The zero-order valence-corrected chi connectivity index (χ0v) is 19.9. The number of amides is 1. The number of nitrogens with zero attached hydrogens (tertiary/aromatic N) is 4. The summed E-state index contributed by atoms with van der Waals surface area (Å²) in [6.45, 7) is 2.57. The molecule has 0 atom stereocenters. The maximum atomic E-state index is 13.5. The van der Waals surface area contributed by atoms with Gasteiger partial charge in [-0.3, -0.25) is 9.59 Å². The average Bonchev–Trinajstić information content (AvgIpc) is 3.28. The molecular formula is C26H25FN6O3. The summed E-state index contributed by atoms with van der Waals surface area (Å²) in [7, 11) is 3.96. The highest BCUT2D eigenvalue weighted by atomic mass is 19.1. The van der Waals surface area contributed by atoms with Crippen LogP contribution in [0.25, 0.3) is 16.8 Å². The van der Waals surface area contributed by atoms with Gasteiger partial charge in [0.25, 0.3) is 11.5 Å². The van der Waals surface area contributed by atoms with E-state index in [1.54, 1.807) is 18.3 Å². The first-order chi connectivity index (χ1) is 17.3. The molecule has 0 bridgehead atoms. The van der Waals surface area contributed by atoms with Gasteiger partial charge in [0.15, 0.2) is 5.69 Å². The van der Waals surface area contributed by atoms with Crippen LogP contribution in [0.3, 0.4) is 0 Å². The summed E-state index contributed by atoms with van der Waals surface area (Å²) in [6.07, 6.45) is 1.69. The molecule has 1 fully saturated rings. The number of rotatable bonds is 4. The van der Waals surface area contributed by atoms with Crippen molar-refractivity contribution in [2.45, 2.75) is 5.54 Å². The molecule has 9 nitrogen and oxygen atoms in total. The number of carbonyl (C=O) groups is 1. The summed E-state index contributed by atoms with van der Waals surface area (Å²) >= 11 is 0. The Balaban J connectivity index is 1.31. The fourth-order valence-corrected chi connectivity index (χ4v) is 5.05. The number of likely N-dealkylation sites (N-methyl/N-ethyl adjacent to an activating group) is 2. The van der Waals surface area contributed by atoms with Crippen LogP contribution in [0, 0.1) is 5.82 Å². The number of aromatic amines is 1. The van der Waals surface area contributed by atoms with Gasteiger partial charge in [-0.1, -0.05) is 18.2 Å². The Morgan fingerprint density at radius 2 is 1.92 bits per heavy atom. The summed E-state index contributed by atoms with van der Waals surface area (Å²) < 4.78 is 20.7. The van der Waals surface area contributed by atoms with E-state index >= 15 is 0 Å². The van der Waals surface area contributed by atoms with Crippen LogP contribution >= 0.6 is 0 Å². The van der Waals surface area contributed by atoms with Crippen molar-refractivity contribution in [1.29, 1.82) is 0 Å². The molecule has 2 N–H and O–H groups in total. The number of fused-ring (bicyclic) bond motifs is 2. The molecule has 4 aromatic rings. The molecule has 0 radical (unpaired) electrons. The predicted octanol–water partition coefficient (Wildman–Crippen LogP) is 2.23. The third-order valence-electron chi connectivity index (χ3n) is 6.90. The number of benzene rings is 2. The van der Waals surface area contributed by atoms with Crippen LogP contribution in [0.5, 0.6) is 5.75 Å². The predicted molar refractivity (Wildman–Crippen MR) is 133 cm³/mol. The number of halogens is 1. The molecule has 10 heteroatoms. The molecule has 2 aromatic heterocycles. The van der Waals surface area contributed by atoms with Crippen molar-refractivity contribution < 1.29 is 13.9 Å². The number of H-pyrrole nitrogens is 1. The first kappa shape index (κ1) is 22.3. The summed E-state index contributed by atoms with van der Waals surface area (Å²) in [6, 6.07) is 13.4. The van der Waals surface area contributed by atoms with Crippen molar-refractivity contribution in [3.63, 3.8) is 0 Å².